The Bertz CT molecular complexity index is 1330. The number of amides is 1. The van der Waals surface area contributed by atoms with Gasteiger partial charge in [0.25, 0.3) is 11.5 Å². The number of nitrogens with zero attached hydrogens (tertiary/aromatic N) is 2. The zero-order chi connectivity index (χ0) is 23.9. The largest absolute Gasteiger partial charge is 0.352 e. The van der Waals surface area contributed by atoms with Gasteiger partial charge in [-0.2, -0.15) is 0 Å². The molecule has 0 saturated carbocycles. The highest BCUT2D eigenvalue weighted by atomic mass is 32.2. The van der Waals surface area contributed by atoms with Crippen LogP contribution in [0.1, 0.15) is 40.4 Å². The minimum Gasteiger partial charge on any atom is -0.352 e. The van der Waals surface area contributed by atoms with Crippen molar-refractivity contribution in [2.24, 2.45) is 0 Å². The molecule has 0 saturated heterocycles. The number of nitrogens with one attached hydrogen (secondary N) is 1. The number of hydrogen-bond donors (Lipinski definition) is 1. The maximum Gasteiger partial charge on any atom is 0.262 e. The quantitative estimate of drug-likeness (QED) is 0.263. The van der Waals surface area contributed by atoms with Crippen LogP contribution in [0.15, 0.2) is 82.7 Å². The van der Waals surface area contributed by atoms with Crippen LogP contribution in [0.2, 0.25) is 0 Å². The van der Waals surface area contributed by atoms with E-state index >= 15 is 0 Å². The predicted octanol–water partition coefficient (Wildman–Crippen LogP) is 5.38. The number of benzene rings is 3. The normalized spacial score (nSPS) is 11.0. The Morgan fingerprint density at radius 3 is 2.50 bits per heavy atom. The molecule has 0 fully saturated rings. The van der Waals surface area contributed by atoms with Gasteiger partial charge in [-0.05, 0) is 49.1 Å². The van der Waals surface area contributed by atoms with Gasteiger partial charge < -0.3 is 5.32 Å². The second kappa shape index (κ2) is 11.2. The average molecular weight is 472 g/mol. The van der Waals surface area contributed by atoms with E-state index in [-0.39, 0.29) is 11.5 Å². The first-order valence-corrected chi connectivity index (χ1v) is 12.6. The number of fused-ring (bicyclic) bond motifs is 1. The number of rotatable bonds is 9. The number of thioether (sulfide) groups is 1. The fourth-order valence-electron chi connectivity index (χ4n) is 3.71. The number of aryl methyl sites for hydroxylation is 2. The Balaban J connectivity index is 1.69. The SMILES string of the molecule is CCCNC(=O)c1ccc2c(=O)n(CCc3ccccc3)c(SCc3ccc(C)cc3)nc2c1. The summed E-state index contributed by atoms with van der Waals surface area (Å²) in [6.07, 6.45) is 1.60. The van der Waals surface area contributed by atoms with Gasteiger partial charge in [-0.25, -0.2) is 4.98 Å². The monoisotopic (exact) mass is 471 g/mol. The molecule has 0 spiro atoms. The summed E-state index contributed by atoms with van der Waals surface area (Å²) >= 11 is 1.55. The van der Waals surface area contributed by atoms with Crippen molar-refractivity contribution >= 4 is 28.6 Å². The summed E-state index contributed by atoms with van der Waals surface area (Å²) in [5.41, 5.74) is 4.55. The Kier molecular flexibility index (Phi) is 7.80. The smallest absolute Gasteiger partial charge is 0.262 e. The van der Waals surface area contributed by atoms with Gasteiger partial charge >= 0.3 is 0 Å². The molecule has 0 radical (unpaired) electrons. The minimum atomic E-state index is -0.146. The van der Waals surface area contributed by atoms with E-state index in [1.54, 1.807) is 34.5 Å². The minimum absolute atomic E-state index is 0.0761. The van der Waals surface area contributed by atoms with E-state index in [9.17, 15) is 9.59 Å². The first-order valence-electron chi connectivity index (χ1n) is 11.6. The van der Waals surface area contributed by atoms with Crippen LogP contribution >= 0.6 is 11.8 Å². The van der Waals surface area contributed by atoms with Crippen LogP contribution < -0.4 is 10.9 Å². The summed E-state index contributed by atoms with van der Waals surface area (Å²) in [6, 6.07) is 23.7. The summed E-state index contributed by atoms with van der Waals surface area (Å²) in [5, 5.41) is 4.08. The third kappa shape index (κ3) is 5.75. The molecule has 4 aromatic rings. The molecular formula is C28H29N3O2S. The average Bonchev–Trinajstić information content (AvgIpc) is 2.86. The standard InChI is InChI=1S/C28H29N3O2S/c1-3-16-29-26(32)23-13-14-24-25(18-23)30-28(34-19-22-11-9-20(2)10-12-22)31(27(24)33)17-15-21-7-5-4-6-8-21/h4-14,18H,3,15-17,19H2,1-2H3,(H,29,32). The van der Waals surface area contributed by atoms with E-state index in [2.05, 4.69) is 48.6 Å². The summed E-state index contributed by atoms with van der Waals surface area (Å²) in [5.74, 6) is 0.563. The van der Waals surface area contributed by atoms with Crippen LogP contribution in [0, 0.1) is 6.92 Å². The summed E-state index contributed by atoms with van der Waals surface area (Å²) in [4.78, 5) is 30.8. The summed E-state index contributed by atoms with van der Waals surface area (Å²) in [7, 11) is 0. The van der Waals surface area contributed by atoms with Crippen molar-refractivity contribution in [3.8, 4) is 0 Å². The molecule has 0 aliphatic heterocycles. The van der Waals surface area contributed by atoms with Crippen molar-refractivity contribution in [1.82, 2.24) is 14.9 Å². The molecule has 5 nitrogen and oxygen atoms in total. The Labute approximate surface area is 204 Å². The molecule has 4 rings (SSSR count). The van der Waals surface area contributed by atoms with E-state index in [4.69, 9.17) is 4.98 Å². The molecule has 174 valence electrons. The number of carbonyl (C=O) groups excluding carboxylic acids is 1. The van der Waals surface area contributed by atoms with Gasteiger partial charge in [0.15, 0.2) is 5.16 Å². The van der Waals surface area contributed by atoms with E-state index in [0.717, 1.165) is 12.8 Å². The van der Waals surface area contributed by atoms with Gasteiger partial charge in [0, 0.05) is 24.4 Å². The molecule has 0 aliphatic rings. The predicted molar refractivity (Wildman–Crippen MR) is 140 cm³/mol. The molecule has 3 aromatic carbocycles. The Morgan fingerprint density at radius 1 is 1.00 bits per heavy atom. The molecule has 0 bridgehead atoms. The molecule has 6 heteroatoms. The van der Waals surface area contributed by atoms with E-state index < -0.39 is 0 Å². The van der Waals surface area contributed by atoms with Crippen LogP contribution in [0.4, 0.5) is 0 Å². The van der Waals surface area contributed by atoms with E-state index in [0.29, 0.717) is 40.5 Å². The van der Waals surface area contributed by atoms with Crippen molar-refractivity contribution in [2.45, 2.75) is 44.1 Å². The van der Waals surface area contributed by atoms with Gasteiger partial charge in [-0.3, -0.25) is 14.2 Å². The van der Waals surface area contributed by atoms with Crippen LogP contribution in [0.25, 0.3) is 10.9 Å². The van der Waals surface area contributed by atoms with Crippen molar-refractivity contribution in [3.63, 3.8) is 0 Å². The second-order valence-electron chi connectivity index (χ2n) is 8.35. The van der Waals surface area contributed by atoms with Crippen LogP contribution in [0.3, 0.4) is 0 Å². The molecule has 0 atom stereocenters. The van der Waals surface area contributed by atoms with Gasteiger partial charge in [0.1, 0.15) is 0 Å². The first kappa shape index (κ1) is 23.8. The lowest BCUT2D eigenvalue weighted by atomic mass is 10.1. The van der Waals surface area contributed by atoms with Gasteiger partial charge in [-0.1, -0.05) is 78.8 Å². The number of hydrogen-bond acceptors (Lipinski definition) is 4. The fourth-order valence-corrected chi connectivity index (χ4v) is 4.69. The third-order valence-electron chi connectivity index (χ3n) is 5.67. The Morgan fingerprint density at radius 2 is 1.76 bits per heavy atom. The lowest BCUT2D eigenvalue weighted by Crippen LogP contribution is -2.26. The first-order chi connectivity index (χ1) is 16.5. The molecule has 0 aliphatic carbocycles. The molecule has 0 unspecified atom stereocenters. The maximum atomic E-state index is 13.5. The lowest BCUT2D eigenvalue weighted by molar-refractivity contribution is 0.0954. The summed E-state index contributed by atoms with van der Waals surface area (Å²) in [6.45, 7) is 5.23. The highest BCUT2D eigenvalue weighted by Crippen LogP contribution is 2.23. The van der Waals surface area contributed by atoms with Crippen LogP contribution in [-0.2, 0) is 18.7 Å². The van der Waals surface area contributed by atoms with E-state index in [1.165, 1.54) is 16.7 Å². The highest BCUT2D eigenvalue weighted by molar-refractivity contribution is 7.98. The van der Waals surface area contributed by atoms with Gasteiger partial charge in [0.2, 0.25) is 0 Å². The molecule has 1 N–H and O–H groups in total. The molecule has 34 heavy (non-hydrogen) atoms. The molecule has 1 heterocycles. The van der Waals surface area contributed by atoms with Crippen LogP contribution in [-0.4, -0.2) is 22.0 Å². The van der Waals surface area contributed by atoms with Crippen LogP contribution in [0.5, 0.6) is 0 Å². The van der Waals surface area contributed by atoms with Crippen molar-refractivity contribution in [1.29, 1.82) is 0 Å². The lowest BCUT2D eigenvalue weighted by Gasteiger charge is -2.14. The molecule has 1 aromatic heterocycles. The van der Waals surface area contributed by atoms with Crippen molar-refractivity contribution in [2.75, 3.05) is 6.54 Å². The highest BCUT2D eigenvalue weighted by Gasteiger charge is 2.14. The maximum absolute atomic E-state index is 13.5. The zero-order valence-electron chi connectivity index (χ0n) is 19.6. The van der Waals surface area contributed by atoms with Crippen molar-refractivity contribution < 1.29 is 4.79 Å². The number of carbonyl (C=O) groups is 1. The molecule has 1 amide bonds. The molecular weight excluding hydrogens is 442 g/mol. The van der Waals surface area contributed by atoms with Crippen molar-refractivity contribution in [3.05, 3.63) is 105 Å². The van der Waals surface area contributed by atoms with E-state index in [1.807, 2.05) is 25.1 Å². The summed E-state index contributed by atoms with van der Waals surface area (Å²) < 4.78 is 1.77. The van der Waals surface area contributed by atoms with Gasteiger partial charge in [-0.15, -0.1) is 0 Å². The second-order valence-corrected chi connectivity index (χ2v) is 9.29. The third-order valence-corrected chi connectivity index (χ3v) is 6.72. The number of aromatic nitrogens is 2. The Hall–Kier alpha value is -3.38. The topological polar surface area (TPSA) is 64.0 Å². The van der Waals surface area contributed by atoms with Gasteiger partial charge in [0.05, 0.1) is 10.9 Å². The zero-order valence-corrected chi connectivity index (χ0v) is 20.4. The fraction of sp³-hybridized carbons (Fsp3) is 0.250.